The maximum absolute atomic E-state index is 12.2. The third kappa shape index (κ3) is 5.20. The minimum absolute atomic E-state index is 0.209. The summed E-state index contributed by atoms with van der Waals surface area (Å²) in [5, 5.41) is 5.95. The van der Waals surface area contributed by atoms with Gasteiger partial charge in [-0.25, -0.2) is 9.97 Å². The monoisotopic (exact) mass is 378 g/mol. The number of amides is 1. The average Bonchev–Trinajstić information content (AvgIpc) is 2.75. The Morgan fingerprint density at radius 2 is 1.68 bits per heavy atom. The molecule has 7 nitrogen and oxygen atoms in total. The molecule has 144 valence electrons. The van der Waals surface area contributed by atoms with Gasteiger partial charge in [-0.3, -0.25) is 4.79 Å². The highest BCUT2D eigenvalue weighted by Crippen LogP contribution is 2.17. The Morgan fingerprint density at radius 1 is 0.964 bits per heavy atom. The molecule has 0 atom stereocenters. The van der Waals surface area contributed by atoms with Gasteiger partial charge in [0.2, 0.25) is 5.95 Å². The molecule has 0 aliphatic rings. The predicted molar refractivity (Wildman–Crippen MR) is 107 cm³/mol. The van der Waals surface area contributed by atoms with Crippen molar-refractivity contribution in [2.24, 2.45) is 0 Å². The van der Waals surface area contributed by atoms with Crippen LogP contribution in [0.3, 0.4) is 0 Å². The van der Waals surface area contributed by atoms with Gasteiger partial charge in [0, 0.05) is 24.6 Å². The smallest absolute Gasteiger partial charge is 0.254 e. The van der Waals surface area contributed by atoms with Crippen LogP contribution in [0.1, 0.15) is 15.9 Å². The van der Waals surface area contributed by atoms with Crippen LogP contribution in [0.4, 0.5) is 11.6 Å². The number of carbonyl (C=O) groups excluding carboxylic acids is 1. The molecule has 0 bridgehead atoms. The summed E-state index contributed by atoms with van der Waals surface area (Å²) in [5.41, 5.74) is 2.33. The zero-order valence-electron chi connectivity index (χ0n) is 15.8. The molecule has 3 aromatic rings. The zero-order chi connectivity index (χ0) is 19.8. The molecular weight excluding hydrogens is 356 g/mol. The van der Waals surface area contributed by atoms with Crippen LogP contribution in [0, 0.1) is 0 Å². The standard InChI is InChI=1S/C21H22N4O3/c1-27-18-8-6-17(7-9-18)25-21-23-13-16(14-24-21)20(26)22-11-10-15-4-3-5-19(12-15)28-2/h3-9,12-14H,10-11H2,1-2H3,(H,22,26)(H,23,24,25). The Morgan fingerprint density at radius 3 is 2.36 bits per heavy atom. The lowest BCUT2D eigenvalue weighted by atomic mass is 10.1. The van der Waals surface area contributed by atoms with Crippen molar-refractivity contribution in [1.82, 2.24) is 15.3 Å². The van der Waals surface area contributed by atoms with Crippen LogP contribution < -0.4 is 20.1 Å². The molecule has 1 aromatic heterocycles. The van der Waals surface area contributed by atoms with Crippen LogP contribution in [0.15, 0.2) is 60.9 Å². The highest BCUT2D eigenvalue weighted by Gasteiger charge is 2.07. The molecule has 1 amide bonds. The van der Waals surface area contributed by atoms with E-state index in [1.54, 1.807) is 14.2 Å². The summed E-state index contributed by atoms with van der Waals surface area (Å²) >= 11 is 0. The van der Waals surface area contributed by atoms with Gasteiger partial charge in [-0.1, -0.05) is 12.1 Å². The molecular formula is C21H22N4O3. The van der Waals surface area contributed by atoms with Crippen LogP contribution >= 0.6 is 0 Å². The largest absolute Gasteiger partial charge is 0.497 e. The number of nitrogens with one attached hydrogen (secondary N) is 2. The Hall–Kier alpha value is -3.61. The van der Waals surface area contributed by atoms with Crippen molar-refractivity contribution in [3.8, 4) is 11.5 Å². The number of rotatable bonds is 8. The van der Waals surface area contributed by atoms with E-state index in [-0.39, 0.29) is 5.91 Å². The second-order valence-electron chi connectivity index (χ2n) is 6.01. The highest BCUT2D eigenvalue weighted by atomic mass is 16.5. The van der Waals surface area contributed by atoms with Crippen LogP contribution in [0.25, 0.3) is 0 Å². The summed E-state index contributed by atoms with van der Waals surface area (Å²) in [7, 11) is 3.25. The second-order valence-corrected chi connectivity index (χ2v) is 6.01. The zero-order valence-corrected chi connectivity index (χ0v) is 15.8. The van der Waals surface area contributed by atoms with E-state index in [0.29, 0.717) is 24.5 Å². The molecule has 0 unspecified atom stereocenters. The number of carbonyl (C=O) groups is 1. The van der Waals surface area contributed by atoms with E-state index >= 15 is 0 Å². The lowest BCUT2D eigenvalue weighted by Gasteiger charge is -2.08. The quantitative estimate of drug-likeness (QED) is 0.626. The SMILES string of the molecule is COc1ccc(Nc2ncc(C(=O)NCCc3cccc(OC)c3)cn2)cc1. The number of ether oxygens (including phenoxy) is 2. The summed E-state index contributed by atoms with van der Waals surface area (Å²) in [6.45, 7) is 0.512. The van der Waals surface area contributed by atoms with E-state index in [2.05, 4.69) is 20.6 Å². The van der Waals surface area contributed by atoms with E-state index in [0.717, 1.165) is 22.7 Å². The average molecular weight is 378 g/mol. The van der Waals surface area contributed by atoms with Gasteiger partial charge in [0.1, 0.15) is 11.5 Å². The number of anilines is 2. The minimum Gasteiger partial charge on any atom is -0.497 e. The Balaban J connectivity index is 1.51. The first kappa shape index (κ1) is 19.2. The van der Waals surface area contributed by atoms with Gasteiger partial charge in [-0.05, 0) is 48.4 Å². The molecule has 0 saturated heterocycles. The summed E-state index contributed by atoms with van der Waals surface area (Å²) in [5.74, 6) is 1.78. The van der Waals surface area contributed by atoms with Crippen molar-refractivity contribution in [3.05, 3.63) is 72.1 Å². The molecule has 0 saturated carbocycles. The molecule has 3 rings (SSSR count). The summed E-state index contributed by atoms with van der Waals surface area (Å²) in [6.07, 6.45) is 3.71. The van der Waals surface area contributed by atoms with Crippen LogP contribution in [0.5, 0.6) is 11.5 Å². The molecule has 0 aliphatic carbocycles. The Labute approximate surface area is 163 Å². The van der Waals surface area contributed by atoms with Gasteiger partial charge in [-0.15, -0.1) is 0 Å². The van der Waals surface area contributed by atoms with Crippen molar-refractivity contribution in [1.29, 1.82) is 0 Å². The number of hydrogen-bond donors (Lipinski definition) is 2. The number of methoxy groups -OCH3 is 2. The van der Waals surface area contributed by atoms with Gasteiger partial charge < -0.3 is 20.1 Å². The maximum atomic E-state index is 12.2. The lowest BCUT2D eigenvalue weighted by Crippen LogP contribution is -2.26. The number of nitrogens with zero attached hydrogens (tertiary/aromatic N) is 2. The van der Waals surface area contributed by atoms with Gasteiger partial charge in [0.25, 0.3) is 5.91 Å². The van der Waals surface area contributed by atoms with Crippen LogP contribution in [0.2, 0.25) is 0 Å². The van der Waals surface area contributed by atoms with E-state index in [4.69, 9.17) is 9.47 Å². The Bertz CT molecular complexity index is 912. The summed E-state index contributed by atoms with van der Waals surface area (Å²) in [6, 6.07) is 15.2. The fourth-order valence-electron chi connectivity index (χ4n) is 2.56. The third-order valence-electron chi connectivity index (χ3n) is 4.09. The van der Waals surface area contributed by atoms with Gasteiger partial charge in [0.15, 0.2) is 0 Å². The number of benzene rings is 2. The fraction of sp³-hybridized carbons (Fsp3) is 0.190. The van der Waals surface area contributed by atoms with E-state index in [1.807, 2.05) is 48.5 Å². The topological polar surface area (TPSA) is 85.4 Å². The van der Waals surface area contributed by atoms with Gasteiger partial charge in [-0.2, -0.15) is 0 Å². The van der Waals surface area contributed by atoms with E-state index in [9.17, 15) is 4.79 Å². The van der Waals surface area contributed by atoms with Crippen molar-refractivity contribution < 1.29 is 14.3 Å². The second kappa shape index (κ2) is 9.36. The maximum Gasteiger partial charge on any atom is 0.254 e. The van der Waals surface area contributed by atoms with Crippen molar-refractivity contribution in [2.45, 2.75) is 6.42 Å². The van der Waals surface area contributed by atoms with Gasteiger partial charge in [0.05, 0.1) is 19.8 Å². The Kier molecular flexibility index (Phi) is 6.41. The molecule has 28 heavy (non-hydrogen) atoms. The molecule has 0 aliphatic heterocycles. The summed E-state index contributed by atoms with van der Waals surface area (Å²) in [4.78, 5) is 20.6. The lowest BCUT2D eigenvalue weighted by molar-refractivity contribution is 0.0953. The molecule has 2 N–H and O–H groups in total. The first-order valence-electron chi connectivity index (χ1n) is 8.82. The van der Waals surface area contributed by atoms with E-state index < -0.39 is 0 Å². The molecule has 1 heterocycles. The number of hydrogen-bond acceptors (Lipinski definition) is 6. The number of aromatic nitrogens is 2. The first-order valence-corrected chi connectivity index (χ1v) is 8.82. The summed E-state index contributed by atoms with van der Waals surface area (Å²) < 4.78 is 10.3. The predicted octanol–water partition coefficient (Wildman–Crippen LogP) is 3.21. The van der Waals surface area contributed by atoms with E-state index in [1.165, 1.54) is 12.4 Å². The van der Waals surface area contributed by atoms with Gasteiger partial charge >= 0.3 is 0 Å². The molecule has 0 radical (unpaired) electrons. The molecule has 7 heteroatoms. The van der Waals surface area contributed by atoms with Crippen molar-refractivity contribution in [2.75, 3.05) is 26.1 Å². The normalized spacial score (nSPS) is 10.2. The molecule has 0 fully saturated rings. The fourth-order valence-corrected chi connectivity index (χ4v) is 2.56. The van der Waals surface area contributed by atoms with Crippen LogP contribution in [-0.2, 0) is 6.42 Å². The highest BCUT2D eigenvalue weighted by molar-refractivity contribution is 5.93. The van der Waals surface area contributed by atoms with Crippen LogP contribution in [-0.4, -0.2) is 36.6 Å². The molecule has 0 spiro atoms. The van der Waals surface area contributed by atoms with Crippen molar-refractivity contribution in [3.63, 3.8) is 0 Å². The third-order valence-corrected chi connectivity index (χ3v) is 4.09. The first-order chi connectivity index (χ1) is 13.7. The van der Waals surface area contributed by atoms with Crippen molar-refractivity contribution >= 4 is 17.5 Å². The minimum atomic E-state index is -0.209. The molecule has 2 aromatic carbocycles.